The number of likely N-dealkylation sites (tertiary alicyclic amines) is 1. The second-order valence-corrected chi connectivity index (χ2v) is 4.82. The van der Waals surface area contributed by atoms with Crippen LogP contribution in [0.15, 0.2) is 18.3 Å². The lowest BCUT2D eigenvalue weighted by Gasteiger charge is -2.31. The number of carboxylic acid groups (broad SMARTS) is 1. The van der Waals surface area contributed by atoms with Gasteiger partial charge in [-0.05, 0) is 38.8 Å². The molecule has 1 atom stereocenters. The van der Waals surface area contributed by atoms with Crippen molar-refractivity contribution in [2.75, 3.05) is 6.54 Å². The summed E-state index contributed by atoms with van der Waals surface area (Å²) in [5.74, 6) is -1.12. The van der Waals surface area contributed by atoms with Crippen molar-refractivity contribution >= 4 is 11.9 Å². The van der Waals surface area contributed by atoms with Gasteiger partial charge in [-0.1, -0.05) is 0 Å². The van der Waals surface area contributed by atoms with E-state index in [1.165, 1.54) is 4.90 Å². The van der Waals surface area contributed by atoms with Crippen molar-refractivity contribution in [3.8, 4) is 0 Å². The summed E-state index contributed by atoms with van der Waals surface area (Å²) in [7, 11) is 0. The molecule has 5 nitrogen and oxygen atoms in total. The maximum absolute atomic E-state index is 12.4. The predicted molar refractivity (Wildman–Crippen MR) is 66.4 cm³/mol. The molecule has 1 aliphatic heterocycles. The zero-order chi connectivity index (χ0) is 13.3. The summed E-state index contributed by atoms with van der Waals surface area (Å²) in [4.78, 5) is 25.3. The quantitative estimate of drug-likeness (QED) is 0.886. The topological polar surface area (TPSA) is 62.5 Å². The van der Waals surface area contributed by atoms with Gasteiger partial charge in [0.25, 0.3) is 5.91 Å². The van der Waals surface area contributed by atoms with E-state index in [9.17, 15) is 14.7 Å². The molecule has 0 bridgehead atoms. The minimum atomic E-state index is -1.07. The standard InChI is InChI=1S/C13H18N2O3/c1-3-14-8-4-6-10(14)11(16)15-9-5-7-13(15,2)12(17)18/h4,6,8H,3,5,7,9H2,1-2H3,(H,17,18). The number of hydrogen-bond acceptors (Lipinski definition) is 2. The lowest BCUT2D eigenvalue weighted by atomic mass is 9.99. The molecule has 1 aromatic rings. The summed E-state index contributed by atoms with van der Waals surface area (Å²) in [5.41, 5.74) is -0.508. The van der Waals surface area contributed by atoms with Crippen LogP contribution in [0.1, 0.15) is 37.2 Å². The van der Waals surface area contributed by atoms with Crippen molar-refractivity contribution in [3.05, 3.63) is 24.0 Å². The van der Waals surface area contributed by atoms with Gasteiger partial charge in [0.05, 0.1) is 0 Å². The molecule has 1 saturated heterocycles. The molecular formula is C13H18N2O3. The normalized spacial score (nSPS) is 23.3. The van der Waals surface area contributed by atoms with Gasteiger partial charge in [0, 0.05) is 19.3 Å². The van der Waals surface area contributed by atoms with E-state index in [4.69, 9.17) is 0 Å². The first-order valence-corrected chi connectivity index (χ1v) is 6.21. The van der Waals surface area contributed by atoms with E-state index < -0.39 is 11.5 Å². The van der Waals surface area contributed by atoms with Crippen molar-refractivity contribution in [3.63, 3.8) is 0 Å². The highest BCUT2D eigenvalue weighted by molar-refractivity contribution is 5.97. The fraction of sp³-hybridized carbons (Fsp3) is 0.538. The van der Waals surface area contributed by atoms with Gasteiger partial charge in [-0.3, -0.25) is 4.79 Å². The zero-order valence-corrected chi connectivity index (χ0v) is 10.7. The van der Waals surface area contributed by atoms with Gasteiger partial charge in [0.2, 0.25) is 0 Å². The van der Waals surface area contributed by atoms with Gasteiger partial charge >= 0.3 is 5.97 Å². The van der Waals surface area contributed by atoms with Gasteiger partial charge in [-0.25, -0.2) is 4.79 Å². The van der Waals surface area contributed by atoms with Crippen LogP contribution in [0.5, 0.6) is 0 Å². The first-order chi connectivity index (χ1) is 8.50. The van der Waals surface area contributed by atoms with E-state index in [2.05, 4.69) is 0 Å². The number of rotatable bonds is 3. The molecule has 2 rings (SSSR count). The number of carboxylic acids is 1. The summed E-state index contributed by atoms with van der Waals surface area (Å²) in [5, 5.41) is 9.32. The molecule has 1 aromatic heterocycles. The van der Waals surface area contributed by atoms with Gasteiger partial charge < -0.3 is 14.6 Å². The Kier molecular flexibility index (Phi) is 3.15. The number of aryl methyl sites for hydroxylation is 1. The Hall–Kier alpha value is -1.78. The molecule has 0 spiro atoms. The van der Waals surface area contributed by atoms with Crippen molar-refractivity contribution < 1.29 is 14.7 Å². The molecule has 1 fully saturated rings. The highest BCUT2D eigenvalue weighted by atomic mass is 16.4. The number of amides is 1. The van der Waals surface area contributed by atoms with Gasteiger partial charge in [-0.2, -0.15) is 0 Å². The first-order valence-electron chi connectivity index (χ1n) is 6.21. The second-order valence-electron chi connectivity index (χ2n) is 4.82. The highest BCUT2D eigenvalue weighted by Gasteiger charge is 2.46. The predicted octanol–water partition coefficient (Wildman–Crippen LogP) is 1.59. The number of nitrogens with zero attached hydrogens (tertiary/aromatic N) is 2. The lowest BCUT2D eigenvalue weighted by Crippen LogP contribution is -2.51. The molecule has 0 radical (unpaired) electrons. The molecule has 1 N–H and O–H groups in total. The van der Waals surface area contributed by atoms with Crippen LogP contribution < -0.4 is 0 Å². The minimum absolute atomic E-state index is 0.191. The van der Waals surface area contributed by atoms with Gasteiger partial charge in [-0.15, -0.1) is 0 Å². The molecule has 0 aliphatic carbocycles. The number of aromatic nitrogens is 1. The molecule has 98 valence electrons. The number of hydrogen-bond donors (Lipinski definition) is 1. The SMILES string of the molecule is CCn1cccc1C(=O)N1CCCC1(C)C(=O)O. The smallest absolute Gasteiger partial charge is 0.329 e. The van der Waals surface area contributed by atoms with E-state index in [-0.39, 0.29) is 5.91 Å². The van der Waals surface area contributed by atoms with E-state index in [0.717, 1.165) is 6.42 Å². The fourth-order valence-electron chi connectivity index (χ4n) is 2.53. The van der Waals surface area contributed by atoms with Crippen LogP contribution in [0.2, 0.25) is 0 Å². The van der Waals surface area contributed by atoms with Crippen LogP contribution in [0.25, 0.3) is 0 Å². The first kappa shape index (κ1) is 12.7. The Morgan fingerprint density at radius 2 is 2.22 bits per heavy atom. The van der Waals surface area contributed by atoms with Crippen LogP contribution in [-0.2, 0) is 11.3 Å². The van der Waals surface area contributed by atoms with Crippen molar-refractivity contribution in [2.24, 2.45) is 0 Å². The van der Waals surface area contributed by atoms with Crippen molar-refractivity contribution in [1.82, 2.24) is 9.47 Å². The Bertz CT molecular complexity index is 480. The third-order valence-electron chi connectivity index (χ3n) is 3.74. The van der Waals surface area contributed by atoms with Crippen molar-refractivity contribution in [1.29, 1.82) is 0 Å². The number of carbonyl (C=O) groups is 2. The largest absolute Gasteiger partial charge is 0.480 e. The second kappa shape index (κ2) is 4.48. The van der Waals surface area contributed by atoms with Crippen LogP contribution in [0, 0.1) is 0 Å². The fourth-order valence-corrected chi connectivity index (χ4v) is 2.53. The summed E-state index contributed by atoms with van der Waals surface area (Å²) in [6.07, 6.45) is 3.09. The van der Waals surface area contributed by atoms with Crippen molar-refractivity contribution in [2.45, 2.75) is 38.8 Å². The Labute approximate surface area is 106 Å². The number of aliphatic carboxylic acids is 1. The monoisotopic (exact) mass is 250 g/mol. The maximum atomic E-state index is 12.4. The average Bonchev–Trinajstić information content (AvgIpc) is 2.94. The summed E-state index contributed by atoms with van der Waals surface area (Å²) in [6.45, 7) is 4.79. The molecule has 1 amide bonds. The third-order valence-corrected chi connectivity index (χ3v) is 3.74. The minimum Gasteiger partial charge on any atom is -0.480 e. The molecular weight excluding hydrogens is 232 g/mol. The van der Waals surface area contributed by atoms with Crippen LogP contribution >= 0.6 is 0 Å². The summed E-state index contributed by atoms with van der Waals surface area (Å²) in [6, 6.07) is 3.55. The van der Waals surface area contributed by atoms with Crippen LogP contribution in [-0.4, -0.2) is 38.5 Å². The molecule has 5 heteroatoms. The summed E-state index contributed by atoms with van der Waals surface area (Å²) < 4.78 is 1.84. The van der Waals surface area contributed by atoms with E-state index in [0.29, 0.717) is 25.2 Å². The van der Waals surface area contributed by atoms with E-state index in [1.807, 2.05) is 23.8 Å². The Morgan fingerprint density at radius 1 is 1.50 bits per heavy atom. The Balaban J connectivity index is 2.32. The van der Waals surface area contributed by atoms with Gasteiger partial charge in [0.15, 0.2) is 0 Å². The maximum Gasteiger partial charge on any atom is 0.329 e. The zero-order valence-electron chi connectivity index (χ0n) is 10.7. The van der Waals surface area contributed by atoms with E-state index in [1.54, 1.807) is 13.0 Å². The van der Waals surface area contributed by atoms with Crippen LogP contribution in [0.3, 0.4) is 0 Å². The third kappa shape index (κ3) is 1.79. The van der Waals surface area contributed by atoms with Gasteiger partial charge in [0.1, 0.15) is 11.2 Å². The average molecular weight is 250 g/mol. The highest BCUT2D eigenvalue weighted by Crippen LogP contribution is 2.30. The molecule has 2 heterocycles. The molecule has 0 aromatic carbocycles. The molecule has 0 saturated carbocycles. The number of carbonyl (C=O) groups excluding carboxylic acids is 1. The summed E-state index contributed by atoms with van der Waals surface area (Å²) >= 11 is 0. The van der Waals surface area contributed by atoms with Crippen LogP contribution in [0.4, 0.5) is 0 Å². The Morgan fingerprint density at radius 3 is 2.83 bits per heavy atom. The molecule has 1 aliphatic rings. The molecule has 1 unspecified atom stereocenters. The molecule has 18 heavy (non-hydrogen) atoms. The van der Waals surface area contributed by atoms with E-state index >= 15 is 0 Å². The lowest BCUT2D eigenvalue weighted by molar-refractivity contribution is -0.147.